The first kappa shape index (κ1) is 61.7. The van der Waals surface area contributed by atoms with E-state index in [9.17, 15) is 0 Å². The molecule has 0 atom stereocenters. The summed E-state index contributed by atoms with van der Waals surface area (Å²) in [7, 11) is 6.39. The molecule has 0 aromatic rings. The Labute approximate surface area is 135 Å². The molecule has 0 unspecified atom stereocenters. The van der Waals surface area contributed by atoms with Crippen molar-refractivity contribution in [3.63, 3.8) is 0 Å². The van der Waals surface area contributed by atoms with Crippen LogP contribution in [0.5, 0.6) is 0 Å². The molecule has 1 fully saturated rings. The minimum Gasteiger partial charge on any atom is -2.00 e. The van der Waals surface area contributed by atoms with Gasteiger partial charge in [-0.3, -0.25) is 14.7 Å². The van der Waals surface area contributed by atoms with Crippen molar-refractivity contribution in [2.75, 3.05) is 41.1 Å². The maximum Gasteiger partial charge on any atom is 0.0523 e. The summed E-state index contributed by atoms with van der Waals surface area (Å²) in [5, 5.41) is 0. The molecule has 1 aliphatic rings. The smallest absolute Gasteiger partial charge is 0.0523 e. The van der Waals surface area contributed by atoms with E-state index >= 15 is 0 Å². The van der Waals surface area contributed by atoms with Crippen LogP contribution in [0.25, 0.3) is 0 Å². The summed E-state index contributed by atoms with van der Waals surface area (Å²) in [5.41, 5.74) is 0. The Kier molecular flexibility index (Phi) is 105. The Bertz CT molecular complexity index is 94.2. The van der Waals surface area contributed by atoms with E-state index < -0.39 is 0 Å². The molecule has 12 heteroatoms. The Hall–Kier alpha value is 0.925. The van der Waals surface area contributed by atoms with E-state index in [1.807, 2.05) is 0 Å². The van der Waals surface area contributed by atoms with E-state index in [2.05, 4.69) is 35.8 Å². The van der Waals surface area contributed by atoms with Crippen LogP contribution in [0.1, 0.15) is 0 Å². The van der Waals surface area contributed by atoms with Crippen LogP contribution in [-0.2, 0) is 79.2 Å². The van der Waals surface area contributed by atoms with Gasteiger partial charge in [-0.1, -0.05) is 0 Å². The predicted molar refractivity (Wildman–Crippen MR) is 42.7 cm³/mol. The fraction of sp³-hybridized carbons (Fsp3) is 1.00. The molecule has 0 aromatic carbocycles. The van der Waals surface area contributed by atoms with Gasteiger partial charge in [-0.2, -0.15) is 0 Å². The van der Waals surface area contributed by atoms with E-state index in [-0.39, 0.29) is 79.2 Å². The van der Waals surface area contributed by atoms with Gasteiger partial charge in [-0.25, -0.2) is 0 Å². The summed E-state index contributed by atoms with van der Waals surface area (Å²) >= 11 is 0. The molecular formula is C6H15N3O7Re2-14. The normalized spacial score (nSPS) is 13.5. The van der Waals surface area contributed by atoms with Crippen molar-refractivity contribution in [1.82, 2.24) is 14.7 Å². The molecule has 1 aliphatic heterocycles. The molecular weight excluding hydrogens is 598 g/mol. The molecule has 2 radical (unpaired) electrons. The van der Waals surface area contributed by atoms with Gasteiger partial charge in [0, 0.05) is 40.8 Å². The van der Waals surface area contributed by atoms with E-state index in [4.69, 9.17) is 0 Å². The molecule has 0 aliphatic carbocycles. The average Bonchev–Trinajstić information content (AvgIpc) is 1.59. The molecule has 0 N–H and O–H groups in total. The van der Waals surface area contributed by atoms with Crippen LogP contribution in [0.2, 0.25) is 0 Å². The molecule has 0 amide bonds. The predicted octanol–water partition coefficient (Wildman–Crippen LogP) is -1.17. The minimum atomic E-state index is 0. The second-order valence-electron chi connectivity index (χ2n) is 2.99. The maximum atomic E-state index is 2.28. The number of nitrogens with zero attached hydrogens (tertiary/aromatic N) is 3. The number of hydrogen-bond donors (Lipinski definition) is 0. The molecule has 1 heterocycles. The number of hydrogen-bond acceptors (Lipinski definition) is 3. The monoisotopic (exact) mass is 615 g/mol. The first-order valence-electron chi connectivity index (χ1n) is 3.24. The molecule has 18 heavy (non-hydrogen) atoms. The number of rotatable bonds is 0. The Morgan fingerprint density at radius 1 is 0.444 bits per heavy atom. The first-order chi connectivity index (χ1) is 4.18. The zero-order valence-corrected chi connectivity index (χ0v) is 15.5. The van der Waals surface area contributed by atoms with Gasteiger partial charge in [0.25, 0.3) is 0 Å². The summed E-state index contributed by atoms with van der Waals surface area (Å²) in [5.74, 6) is 0. The van der Waals surface area contributed by atoms with Crippen LogP contribution in [0.15, 0.2) is 0 Å². The van der Waals surface area contributed by atoms with Gasteiger partial charge in [0.1, 0.15) is 0 Å². The van der Waals surface area contributed by atoms with Crippen molar-refractivity contribution in [2.24, 2.45) is 0 Å². The molecule has 0 saturated carbocycles. The van der Waals surface area contributed by atoms with Gasteiger partial charge in [0.15, 0.2) is 0 Å². The summed E-state index contributed by atoms with van der Waals surface area (Å²) in [4.78, 5) is 6.84. The first-order valence-corrected chi connectivity index (χ1v) is 3.24. The quantitative estimate of drug-likeness (QED) is 0.331. The van der Waals surface area contributed by atoms with Gasteiger partial charge < -0.3 is 38.3 Å². The van der Waals surface area contributed by atoms with Crippen molar-refractivity contribution < 1.29 is 79.2 Å². The topological polar surface area (TPSA) is 209 Å². The average molecular weight is 614 g/mol. The second kappa shape index (κ2) is 30.7. The largest absolute Gasteiger partial charge is 2.00 e. The maximum absolute atomic E-state index is 2.28. The van der Waals surface area contributed by atoms with Gasteiger partial charge in [-0.05, 0) is 21.1 Å². The Morgan fingerprint density at radius 2 is 0.556 bits per heavy atom. The third-order valence-corrected chi connectivity index (χ3v) is 1.45. The van der Waals surface area contributed by atoms with E-state index in [0.29, 0.717) is 0 Å². The zero-order valence-electron chi connectivity index (χ0n) is 10.1. The summed E-state index contributed by atoms with van der Waals surface area (Å²) in [6.07, 6.45) is 0. The van der Waals surface area contributed by atoms with E-state index in [1.165, 1.54) is 0 Å². The van der Waals surface area contributed by atoms with Crippen LogP contribution in [0.4, 0.5) is 0 Å². The van der Waals surface area contributed by atoms with Crippen LogP contribution >= 0.6 is 0 Å². The molecule has 0 spiro atoms. The van der Waals surface area contributed by atoms with Gasteiger partial charge in [-0.15, -0.1) is 0 Å². The van der Waals surface area contributed by atoms with Crippen LogP contribution < -0.4 is 0 Å². The summed E-state index contributed by atoms with van der Waals surface area (Å²) in [6.45, 7) is 3.26. The van der Waals surface area contributed by atoms with Crippen molar-refractivity contribution in [3.05, 3.63) is 0 Å². The van der Waals surface area contributed by atoms with Crippen molar-refractivity contribution >= 4 is 0 Å². The van der Waals surface area contributed by atoms with Gasteiger partial charge in [0.05, 0.1) is 20.0 Å². The van der Waals surface area contributed by atoms with E-state index in [0.717, 1.165) is 20.0 Å². The Morgan fingerprint density at radius 3 is 0.667 bits per heavy atom. The van der Waals surface area contributed by atoms with Crippen LogP contribution in [0, 0.1) is 0 Å². The van der Waals surface area contributed by atoms with Crippen molar-refractivity contribution in [1.29, 1.82) is 0 Å². The molecule has 10 nitrogen and oxygen atoms in total. The van der Waals surface area contributed by atoms with E-state index in [1.54, 1.807) is 0 Å². The molecule has 0 aromatic heterocycles. The summed E-state index contributed by atoms with van der Waals surface area (Å²) < 4.78 is 0. The van der Waals surface area contributed by atoms with Crippen molar-refractivity contribution in [3.8, 4) is 0 Å². The molecule has 1 rings (SSSR count). The molecule has 1 saturated heterocycles. The fourth-order valence-corrected chi connectivity index (χ4v) is 1.37. The third-order valence-electron chi connectivity index (χ3n) is 1.45. The minimum absolute atomic E-state index is 0. The van der Waals surface area contributed by atoms with Gasteiger partial charge in [0.2, 0.25) is 0 Å². The standard InChI is InChI=1S/C6H15N3.7O.2Re/c1-7-4-8(2)6-9(3)5-7;;;;;;;;;/h4-6H2,1-3H3;;;;;;;;;/q;7*-2;;. The van der Waals surface area contributed by atoms with Crippen LogP contribution in [0.3, 0.4) is 0 Å². The third kappa shape index (κ3) is 25.7. The second-order valence-corrected chi connectivity index (χ2v) is 2.99. The fourth-order valence-electron chi connectivity index (χ4n) is 1.37. The Balaban J connectivity index is -0.0000000129. The van der Waals surface area contributed by atoms with Gasteiger partial charge >= 0.3 is 0 Å². The zero-order chi connectivity index (χ0) is 6.85. The van der Waals surface area contributed by atoms with Crippen molar-refractivity contribution in [2.45, 2.75) is 0 Å². The van der Waals surface area contributed by atoms with Crippen LogP contribution in [-0.4, -0.2) is 55.8 Å². The SMILES string of the molecule is CN1CN(C)CN(C)C1.[O-2].[O-2].[O-2].[O-2].[O-2].[O-2].[O-2].[Re].[Re]. The molecule has 124 valence electrons. The molecule has 0 bridgehead atoms. The summed E-state index contributed by atoms with van der Waals surface area (Å²) in [6, 6.07) is 0.